The summed E-state index contributed by atoms with van der Waals surface area (Å²) in [5.41, 5.74) is 5.56. The number of hydrogen-bond acceptors (Lipinski definition) is 4. The van der Waals surface area contributed by atoms with E-state index in [2.05, 4.69) is 9.97 Å². The predicted octanol–water partition coefficient (Wildman–Crippen LogP) is -0.478. The number of imidazole rings is 1. The summed E-state index contributed by atoms with van der Waals surface area (Å²) in [7, 11) is -3.40. The number of aromatic nitrogens is 2. The maximum atomic E-state index is 11.9. The Hall–Kier alpha value is -0.920. The molecular weight excluding hydrogens is 216 g/mol. The van der Waals surface area contributed by atoms with Crippen molar-refractivity contribution in [2.24, 2.45) is 5.73 Å². The van der Waals surface area contributed by atoms with Gasteiger partial charge in [-0.2, -0.15) is 4.31 Å². The number of nitrogens with zero attached hydrogens (tertiary/aromatic N) is 2. The van der Waals surface area contributed by atoms with Gasteiger partial charge in [0.05, 0.1) is 12.5 Å². The number of H-pyrrole nitrogens is 1. The van der Waals surface area contributed by atoms with Gasteiger partial charge in [-0.3, -0.25) is 0 Å². The van der Waals surface area contributed by atoms with E-state index < -0.39 is 10.0 Å². The van der Waals surface area contributed by atoms with E-state index in [0.29, 0.717) is 13.1 Å². The van der Waals surface area contributed by atoms with E-state index in [1.54, 1.807) is 0 Å². The van der Waals surface area contributed by atoms with Crippen molar-refractivity contribution in [2.75, 3.05) is 13.1 Å². The fourth-order valence-electron chi connectivity index (χ4n) is 1.57. The van der Waals surface area contributed by atoms with Gasteiger partial charge in [0.2, 0.25) is 0 Å². The molecular formula is C8H14N4O2S. The third-order valence-electron chi connectivity index (χ3n) is 2.78. The van der Waals surface area contributed by atoms with Gasteiger partial charge >= 0.3 is 0 Å². The molecule has 0 radical (unpaired) electrons. The third-order valence-corrected chi connectivity index (χ3v) is 4.49. The summed E-state index contributed by atoms with van der Waals surface area (Å²) in [5, 5.41) is 0.126. The van der Waals surface area contributed by atoms with Crippen molar-refractivity contribution >= 4 is 10.0 Å². The molecule has 0 saturated carbocycles. The first kappa shape index (κ1) is 10.6. The summed E-state index contributed by atoms with van der Waals surface area (Å²) < 4.78 is 25.1. The normalized spacial score (nSPS) is 21.2. The van der Waals surface area contributed by atoms with Crippen LogP contribution in [-0.4, -0.2) is 41.3 Å². The summed E-state index contributed by atoms with van der Waals surface area (Å²) in [4.78, 5) is 6.28. The summed E-state index contributed by atoms with van der Waals surface area (Å²) in [5.74, 6) is 0. The molecule has 1 aliphatic rings. The summed E-state index contributed by atoms with van der Waals surface area (Å²) in [6.45, 7) is 2.72. The molecule has 3 N–H and O–H groups in total. The zero-order chi connectivity index (χ0) is 11.1. The van der Waals surface area contributed by atoms with E-state index in [-0.39, 0.29) is 10.6 Å². The third kappa shape index (κ3) is 1.66. The van der Waals surface area contributed by atoms with Crippen LogP contribution in [0.1, 0.15) is 13.3 Å². The Morgan fingerprint density at radius 1 is 1.67 bits per heavy atom. The first-order chi connectivity index (χ1) is 6.98. The van der Waals surface area contributed by atoms with Gasteiger partial charge in [0.15, 0.2) is 5.03 Å². The van der Waals surface area contributed by atoms with E-state index in [4.69, 9.17) is 5.73 Å². The van der Waals surface area contributed by atoms with Crippen LogP contribution in [0, 0.1) is 0 Å². The molecule has 1 fully saturated rings. The molecule has 2 heterocycles. The van der Waals surface area contributed by atoms with Crippen LogP contribution >= 0.6 is 0 Å². The number of nitrogens with two attached hydrogens (primary N) is 1. The SMILES string of the molecule is CCC1(N)CN(S(=O)(=O)c2cnc[nH]2)C1. The zero-order valence-electron chi connectivity index (χ0n) is 8.47. The maximum absolute atomic E-state index is 11.9. The number of aromatic amines is 1. The Labute approximate surface area is 88.5 Å². The van der Waals surface area contributed by atoms with E-state index >= 15 is 0 Å². The van der Waals surface area contributed by atoms with E-state index in [1.165, 1.54) is 16.8 Å². The summed E-state index contributed by atoms with van der Waals surface area (Å²) in [6.07, 6.45) is 3.43. The van der Waals surface area contributed by atoms with Crippen LogP contribution < -0.4 is 5.73 Å². The zero-order valence-corrected chi connectivity index (χ0v) is 9.29. The fraction of sp³-hybridized carbons (Fsp3) is 0.625. The van der Waals surface area contributed by atoms with Crippen molar-refractivity contribution in [3.8, 4) is 0 Å². The van der Waals surface area contributed by atoms with Gasteiger partial charge in [-0.15, -0.1) is 0 Å². The molecule has 15 heavy (non-hydrogen) atoms. The number of hydrogen-bond donors (Lipinski definition) is 2. The fourth-order valence-corrected chi connectivity index (χ4v) is 3.10. The molecule has 2 rings (SSSR count). The molecule has 6 nitrogen and oxygen atoms in total. The first-order valence-corrected chi connectivity index (χ1v) is 6.19. The van der Waals surface area contributed by atoms with E-state index in [0.717, 1.165) is 6.42 Å². The van der Waals surface area contributed by atoms with Crippen LogP contribution in [0.3, 0.4) is 0 Å². The molecule has 7 heteroatoms. The van der Waals surface area contributed by atoms with Crippen molar-refractivity contribution < 1.29 is 8.42 Å². The predicted molar refractivity (Wildman–Crippen MR) is 54.6 cm³/mol. The monoisotopic (exact) mass is 230 g/mol. The molecule has 0 atom stereocenters. The maximum Gasteiger partial charge on any atom is 0.260 e. The second kappa shape index (κ2) is 3.29. The highest BCUT2D eigenvalue weighted by molar-refractivity contribution is 7.89. The molecule has 84 valence electrons. The van der Waals surface area contributed by atoms with Crippen LogP contribution in [0.25, 0.3) is 0 Å². The molecule has 0 amide bonds. The lowest BCUT2D eigenvalue weighted by Crippen LogP contribution is -2.68. The van der Waals surface area contributed by atoms with Crippen LogP contribution in [0.4, 0.5) is 0 Å². The molecule has 1 aromatic rings. The Kier molecular flexibility index (Phi) is 2.32. The largest absolute Gasteiger partial charge is 0.335 e. The summed E-state index contributed by atoms with van der Waals surface area (Å²) in [6, 6.07) is 0. The van der Waals surface area contributed by atoms with Crippen LogP contribution in [-0.2, 0) is 10.0 Å². The molecule has 1 saturated heterocycles. The molecule has 0 bridgehead atoms. The van der Waals surface area contributed by atoms with Crippen molar-refractivity contribution in [1.29, 1.82) is 0 Å². The lowest BCUT2D eigenvalue weighted by Gasteiger charge is -2.45. The minimum Gasteiger partial charge on any atom is -0.335 e. The van der Waals surface area contributed by atoms with Crippen LogP contribution in [0.5, 0.6) is 0 Å². The highest BCUT2D eigenvalue weighted by Crippen LogP contribution is 2.27. The van der Waals surface area contributed by atoms with Gasteiger partial charge < -0.3 is 10.7 Å². The lowest BCUT2D eigenvalue weighted by molar-refractivity contribution is 0.153. The first-order valence-electron chi connectivity index (χ1n) is 4.75. The number of sulfonamides is 1. The smallest absolute Gasteiger partial charge is 0.260 e. The van der Waals surface area contributed by atoms with Gasteiger partial charge in [-0.25, -0.2) is 13.4 Å². The summed E-state index contributed by atoms with van der Waals surface area (Å²) >= 11 is 0. The standard InChI is InChI=1S/C8H14N4O2S/c1-2-8(9)4-12(5-8)15(13,14)7-3-10-6-11-7/h3,6H,2,4-5,9H2,1H3,(H,10,11). The van der Waals surface area contributed by atoms with Gasteiger partial charge in [0, 0.05) is 18.6 Å². The Balaban J connectivity index is 2.15. The molecule has 0 aliphatic carbocycles. The Morgan fingerprint density at radius 3 is 2.80 bits per heavy atom. The second-order valence-electron chi connectivity index (χ2n) is 3.90. The Morgan fingerprint density at radius 2 is 2.33 bits per heavy atom. The second-order valence-corrected chi connectivity index (χ2v) is 5.81. The molecule has 0 unspecified atom stereocenters. The minimum atomic E-state index is -3.40. The molecule has 0 spiro atoms. The average Bonchev–Trinajstić information content (AvgIpc) is 2.65. The van der Waals surface area contributed by atoms with Crippen molar-refractivity contribution in [2.45, 2.75) is 23.9 Å². The number of rotatable bonds is 3. The average molecular weight is 230 g/mol. The van der Waals surface area contributed by atoms with Crippen molar-refractivity contribution in [3.63, 3.8) is 0 Å². The van der Waals surface area contributed by atoms with Crippen LogP contribution in [0.15, 0.2) is 17.6 Å². The molecule has 1 aliphatic heterocycles. The number of nitrogens with one attached hydrogen (secondary N) is 1. The highest BCUT2D eigenvalue weighted by atomic mass is 32.2. The molecule has 1 aromatic heterocycles. The van der Waals surface area contributed by atoms with Crippen molar-refractivity contribution in [3.05, 3.63) is 12.5 Å². The van der Waals surface area contributed by atoms with E-state index in [1.807, 2.05) is 6.92 Å². The van der Waals surface area contributed by atoms with Gasteiger partial charge in [-0.05, 0) is 6.42 Å². The molecule has 0 aromatic carbocycles. The lowest BCUT2D eigenvalue weighted by atomic mass is 9.91. The highest BCUT2D eigenvalue weighted by Gasteiger charge is 2.44. The topological polar surface area (TPSA) is 92.1 Å². The van der Waals surface area contributed by atoms with E-state index in [9.17, 15) is 8.42 Å². The Bertz CT molecular complexity index is 433. The minimum absolute atomic E-state index is 0.126. The van der Waals surface area contributed by atoms with Gasteiger partial charge in [-0.1, -0.05) is 6.92 Å². The van der Waals surface area contributed by atoms with Crippen LogP contribution in [0.2, 0.25) is 0 Å². The van der Waals surface area contributed by atoms with Gasteiger partial charge in [0.25, 0.3) is 10.0 Å². The van der Waals surface area contributed by atoms with Crippen molar-refractivity contribution in [1.82, 2.24) is 14.3 Å². The quantitative estimate of drug-likeness (QED) is 0.733. The van der Waals surface area contributed by atoms with Gasteiger partial charge in [0.1, 0.15) is 0 Å².